The number of ether oxygens (including phenoxy) is 1. The lowest BCUT2D eigenvalue weighted by Gasteiger charge is -2.23. The Balaban J connectivity index is 1.75. The molecule has 25 heavy (non-hydrogen) atoms. The molecule has 0 unspecified atom stereocenters. The van der Waals surface area contributed by atoms with E-state index in [0.717, 1.165) is 18.5 Å². The lowest BCUT2D eigenvalue weighted by atomic mass is 9.96. The van der Waals surface area contributed by atoms with E-state index < -0.39 is 0 Å². The van der Waals surface area contributed by atoms with E-state index >= 15 is 0 Å². The van der Waals surface area contributed by atoms with E-state index in [1.54, 1.807) is 25.3 Å². The van der Waals surface area contributed by atoms with Gasteiger partial charge in [0.15, 0.2) is 0 Å². The average molecular weight is 340 g/mol. The van der Waals surface area contributed by atoms with Crippen LogP contribution >= 0.6 is 0 Å². The van der Waals surface area contributed by atoms with Crippen molar-refractivity contribution in [2.75, 3.05) is 17.7 Å². The zero-order valence-corrected chi connectivity index (χ0v) is 14.7. The summed E-state index contributed by atoms with van der Waals surface area (Å²) < 4.78 is 5.27. The first-order valence-corrected chi connectivity index (χ1v) is 8.72. The van der Waals surface area contributed by atoms with Gasteiger partial charge >= 0.3 is 0 Å². The number of benzene rings is 1. The highest BCUT2D eigenvalue weighted by Crippen LogP contribution is 2.24. The number of aromatic nitrogens is 2. The molecule has 1 amide bonds. The number of aryl methyl sites for hydroxylation is 1. The van der Waals surface area contributed by atoms with Gasteiger partial charge in [-0.3, -0.25) is 4.79 Å². The van der Waals surface area contributed by atoms with E-state index in [-0.39, 0.29) is 5.91 Å². The molecule has 6 nitrogen and oxygen atoms in total. The minimum Gasteiger partial charge on any atom is -0.495 e. The summed E-state index contributed by atoms with van der Waals surface area (Å²) in [6.45, 7) is 1.87. The fraction of sp³-hybridized carbons (Fsp3) is 0.421. The first kappa shape index (κ1) is 17.2. The van der Waals surface area contributed by atoms with Crippen LogP contribution in [-0.2, 0) is 0 Å². The zero-order valence-electron chi connectivity index (χ0n) is 14.7. The van der Waals surface area contributed by atoms with Gasteiger partial charge < -0.3 is 15.4 Å². The Morgan fingerprint density at radius 3 is 2.68 bits per heavy atom. The summed E-state index contributed by atoms with van der Waals surface area (Å²) in [6, 6.07) is 9.38. The molecule has 2 aromatic rings. The van der Waals surface area contributed by atoms with Crippen molar-refractivity contribution in [3.8, 4) is 5.75 Å². The molecule has 0 aliphatic heterocycles. The third kappa shape index (κ3) is 4.47. The van der Waals surface area contributed by atoms with Crippen LogP contribution in [0, 0.1) is 6.92 Å². The zero-order chi connectivity index (χ0) is 17.6. The third-order valence-corrected chi connectivity index (χ3v) is 4.38. The fourth-order valence-electron chi connectivity index (χ4n) is 3.11. The average Bonchev–Trinajstić information content (AvgIpc) is 2.62. The Hall–Kier alpha value is -2.63. The molecule has 0 spiro atoms. The molecule has 0 radical (unpaired) electrons. The fourth-order valence-corrected chi connectivity index (χ4v) is 3.11. The monoisotopic (exact) mass is 340 g/mol. The van der Waals surface area contributed by atoms with Gasteiger partial charge in [-0.2, -0.15) is 0 Å². The Morgan fingerprint density at radius 2 is 1.92 bits per heavy atom. The highest BCUT2D eigenvalue weighted by Gasteiger charge is 2.17. The number of nitrogens with one attached hydrogen (secondary N) is 2. The number of carbonyl (C=O) groups excluding carboxylic acids is 1. The first-order chi connectivity index (χ1) is 12.2. The van der Waals surface area contributed by atoms with E-state index in [2.05, 4.69) is 20.6 Å². The number of rotatable bonds is 5. The van der Waals surface area contributed by atoms with Crippen molar-refractivity contribution in [1.29, 1.82) is 0 Å². The summed E-state index contributed by atoms with van der Waals surface area (Å²) in [7, 11) is 1.58. The van der Waals surface area contributed by atoms with Gasteiger partial charge in [0.1, 0.15) is 11.4 Å². The van der Waals surface area contributed by atoms with Crippen LogP contribution in [0.4, 0.5) is 11.6 Å². The van der Waals surface area contributed by atoms with Gasteiger partial charge in [0, 0.05) is 11.7 Å². The van der Waals surface area contributed by atoms with Gasteiger partial charge in [-0.25, -0.2) is 9.97 Å². The molecule has 0 bridgehead atoms. The second kappa shape index (κ2) is 7.96. The van der Waals surface area contributed by atoms with Crippen molar-refractivity contribution in [2.45, 2.75) is 45.1 Å². The van der Waals surface area contributed by atoms with Crippen molar-refractivity contribution >= 4 is 17.5 Å². The van der Waals surface area contributed by atoms with Crippen LogP contribution in [0.25, 0.3) is 0 Å². The molecule has 6 heteroatoms. The molecular formula is C19H24N4O2. The van der Waals surface area contributed by atoms with Crippen molar-refractivity contribution in [3.63, 3.8) is 0 Å². The minimum absolute atomic E-state index is 0.276. The van der Waals surface area contributed by atoms with Crippen molar-refractivity contribution in [3.05, 3.63) is 41.7 Å². The maximum absolute atomic E-state index is 12.6. The Morgan fingerprint density at radius 1 is 1.16 bits per heavy atom. The van der Waals surface area contributed by atoms with Crippen LogP contribution in [0.15, 0.2) is 30.3 Å². The molecule has 1 heterocycles. The Labute approximate surface area is 148 Å². The van der Waals surface area contributed by atoms with E-state index in [1.165, 1.54) is 19.3 Å². The molecule has 1 aromatic heterocycles. The van der Waals surface area contributed by atoms with Gasteiger partial charge in [-0.1, -0.05) is 31.4 Å². The van der Waals surface area contributed by atoms with E-state index in [9.17, 15) is 4.79 Å². The summed E-state index contributed by atoms with van der Waals surface area (Å²) in [5.41, 5.74) is 1.73. The number of hydrogen-bond acceptors (Lipinski definition) is 5. The summed E-state index contributed by atoms with van der Waals surface area (Å²) in [4.78, 5) is 21.4. The second-order valence-corrected chi connectivity index (χ2v) is 6.35. The molecule has 1 aliphatic rings. The van der Waals surface area contributed by atoms with Crippen molar-refractivity contribution in [1.82, 2.24) is 9.97 Å². The van der Waals surface area contributed by atoms with Gasteiger partial charge in [-0.05, 0) is 38.0 Å². The summed E-state index contributed by atoms with van der Waals surface area (Å²) in [5, 5.41) is 6.23. The van der Waals surface area contributed by atoms with Crippen LogP contribution in [-0.4, -0.2) is 29.0 Å². The van der Waals surface area contributed by atoms with Gasteiger partial charge in [0.25, 0.3) is 5.91 Å². The Bertz CT molecular complexity index is 742. The third-order valence-electron chi connectivity index (χ3n) is 4.38. The molecule has 1 aromatic carbocycles. The summed E-state index contributed by atoms with van der Waals surface area (Å²) in [6.07, 6.45) is 5.99. The van der Waals surface area contributed by atoms with E-state index in [4.69, 9.17) is 4.74 Å². The lowest BCUT2D eigenvalue weighted by Crippen LogP contribution is -2.24. The number of nitrogens with zero attached hydrogens (tertiary/aromatic N) is 2. The maximum Gasteiger partial charge on any atom is 0.274 e. The number of carbonyl (C=O) groups is 1. The lowest BCUT2D eigenvalue weighted by molar-refractivity contribution is 0.102. The molecule has 2 N–H and O–H groups in total. The largest absolute Gasteiger partial charge is 0.495 e. The number of hydrogen-bond donors (Lipinski definition) is 2. The smallest absolute Gasteiger partial charge is 0.274 e. The van der Waals surface area contributed by atoms with E-state index in [1.807, 2.05) is 19.1 Å². The first-order valence-electron chi connectivity index (χ1n) is 8.72. The van der Waals surface area contributed by atoms with Crippen molar-refractivity contribution in [2.24, 2.45) is 0 Å². The van der Waals surface area contributed by atoms with E-state index in [0.29, 0.717) is 29.1 Å². The molecule has 1 aliphatic carbocycles. The molecule has 1 fully saturated rings. The quantitative estimate of drug-likeness (QED) is 0.866. The number of amides is 1. The van der Waals surface area contributed by atoms with Crippen LogP contribution < -0.4 is 15.4 Å². The van der Waals surface area contributed by atoms with Crippen molar-refractivity contribution < 1.29 is 9.53 Å². The minimum atomic E-state index is -0.276. The van der Waals surface area contributed by atoms with Crippen LogP contribution in [0.3, 0.4) is 0 Å². The molecular weight excluding hydrogens is 316 g/mol. The van der Waals surface area contributed by atoms with Crippen LogP contribution in [0.2, 0.25) is 0 Å². The highest BCUT2D eigenvalue weighted by molar-refractivity contribution is 6.03. The number of para-hydroxylation sites is 2. The van der Waals surface area contributed by atoms with Crippen LogP contribution in [0.5, 0.6) is 5.75 Å². The standard InChI is InChI=1S/C19H24N4O2/c1-13-12-16(18(24)22-15-10-6-7-11-17(15)25-2)23-19(20-13)21-14-8-4-3-5-9-14/h6-7,10-12,14H,3-5,8-9H2,1-2H3,(H,22,24)(H,20,21,23). The molecule has 132 valence electrons. The number of anilines is 2. The van der Waals surface area contributed by atoms with Crippen LogP contribution in [0.1, 0.15) is 48.3 Å². The molecule has 0 saturated heterocycles. The molecule has 0 atom stereocenters. The van der Waals surface area contributed by atoms with Gasteiger partial charge in [0.2, 0.25) is 5.95 Å². The summed E-state index contributed by atoms with van der Waals surface area (Å²) in [5.74, 6) is 0.862. The topological polar surface area (TPSA) is 76.1 Å². The highest BCUT2D eigenvalue weighted by atomic mass is 16.5. The van der Waals surface area contributed by atoms with Gasteiger partial charge in [-0.15, -0.1) is 0 Å². The summed E-state index contributed by atoms with van der Waals surface area (Å²) >= 11 is 0. The van der Waals surface area contributed by atoms with Gasteiger partial charge in [0.05, 0.1) is 12.8 Å². The Kier molecular flexibility index (Phi) is 5.48. The second-order valence-electron chi connectivity index (χ2n) is 6.35. The molecule has 1 saturated carbocycles. The predicted octanol–water partition coefficient (Wildman–Crippen LogP) is 3.79. The maximum atomic E-state index is 12.6. The SMILES string of the molecule is COc1ccccc1NC(=O)c1cc(C)nc(NC2CCCCC2)n1. The molecule has 3 rings (SSSR count). The normalized spacial score (nSPS) is 14.8. The predicted molar refractivity (Wildman–Crippen MR) is 98.2 cm³/mol. The number of methoxy groups -OCH3 is 1.